The van der Waals surface area contributed by atoms with Gasteiger partial charge in [-0.2, -0.15) is 0 Å². The van der Waals surface area contributed by atoms with Gasteiger partial charge in [-0.1, -0.05) is 60.7 Å². The van der Waals surface area contributed by atoms with Crippen LogP contribution in [0, 0.1) is 0 Å². The predicted molar refractivity (Wildman–Crippen MR) is 129 cm³/mol. The predicted octanol–water partition coefficient (Wildman–Crippen LogP) is 4.23. The van der Waals surface area contributed by atoms with Gasteiger partial charge < -0.3 is 9.64 Å². The SMILES string of the molecule is CCN(Cc1ccc(OCc2ccccc2)cc1)C(=O)CCN1C(=O)Cc2ccccc2C1=O. The van der Waals surface area contributed by atoms with Crippen LogP contribution in [0.1, 0.15) is 40.4 Å². The fourth-order valence-electron chi connectivity index (χ4n) is 4.02. The van der Waals surface area contributed by atoms with Crippen molar-refractivity contribution in [3.63, 3.8) is 0 Å². The van der Waals surface area contributed by atoms with Crippen LogP contribution in [0.4, 0.5) is 0 Å². The van der Waals surface area contributed by atoms with Crippen molar-refractivity contribution in [2.75, 3.05) is 13.1 Å². The summed E-state index contributed by atoms with van der Waals surface area (Å²) in [5, 5.41) is 0. The van der Waals surface area contributed by atoms with Crippen molar-refractivity contribution in [2.24, 2.45) is 0 Å². The zero-order valence-electron chi connectivity index (χ0n) is 19.3. The lowest BCUT2D eigenvalue weighted by atomic mass is 9.98. The van der Waals surface area contributed by atoms with Crippen LogP contribution >= 0.6 is 0 Å². The Hall–Kier alpha value is -3.93. The number of hydrogen-bond donors (Lipinski definition) is 0. The molecule has 0 N–H and O–H groups in total. The Kier molecular flexibility index (Phi) is 7.38. The summed E-state index contributed by atoms with van der Waals surface area (Å²) in [6, 6.07) is 24.8. The highest BCUT2D eigenvalue weighted by Gasteiger charge is 2.31. The van der Waals surface area contributed by atoms with Gasteiger partial charge in [-0.25, -0.2) is 0 Å². The van der Waals surface area contributed by atoms with Crippen LogP contribution in [0.5, 0.6) is 5.75 Å². The van der Waals surface area contributed by atoms with Crippen molar-refractivity contribution < 1.29 is 19.1 Å². The van der Waals surface area contributed by atoms with Crippen molar-refractivity contribution in [2.45, 2.75) is 32.9 Å². The highest BCUT2D eigenvalue weighted by atomic mass is 16.5. The molecule has 0 aliphatic carbocycles. The number of rotatable bonds is 9. The van der Waals surface area contributed by atoms with Gasteiger partial charge in [0.15, 0.2) is 0 Å². The minimum Gasteiger partial charge on any atom is -0.489 e. The lowest BCUT2D eigenvalue weighted by molar-refractivity contribution is -0.133. The molecule has 0 aromatic heterocycles. The molecule has 4 rings (SSSR count). The van der Waals surface area contributed by atoms with Gasteiger partial charge >= 0.3 is 0 Å². The van der Waals surface area contributed by atoms with Gasteiger partial charge in [-0.15, -0.1) is 0 Å². The Bertz CT molecular complexity index is 1160. The van der Waals surface area contributed by atoms with E-state index in [9.17, 15) is 14.4 Å². The first-order valence-corrected chi connectivity index (χ1v) is 11.5. The van der Waals surface area contributed by atoms with E-state index in [1.54, 1.807) is 23.1 Å². The van der Waals surface area contributed by atoms with Gasteiger partial charge in [0.25, 0.3) is 5.91 Å². The fourth-order valence-corrected chi connectivity index (χ4v) is 4.02. The first-order valence-electron chi connectivity index (χ1n) is 11.5. The monoisotopic (exact) mass is 456 g/mol. The zero-order valence-corrected chi connectivity index (χ0v) is 19.3. The van der Waals surface area contributed by atoms with E-state index in [1.165, 1.54) is 4.90 Å². The number of hydrogen-bond acceptors (Lipinski definition) is 4. The van der Waals surface area contributed by atoms with E-state index in [-0.39, 0.29) is 37.1 Å². The van der Waals surface area contributed by atoms with E-state index in [1.807, 2.05) is 67.6 Å². The Balaban J connectivity index is 1.30. The van der Waals surface area contributed by atoms with Crippen LogP contribution in [-0.2, 0) is 29.2 Å². The maximum atomic E-state index is 12.9. The van der Waals surface area contributed by atoms with Gasteiger partial charge in [-0.05, 0) is 41.8 Å². The average molecular weight is 457 g/mol. The molecule has 0 saturated heterocycles. The van der Waals surface area contributed by atoms with Crippen LogP contribution < -0.4 is 4.74 Å². The highest BCUT2D eigenvalue weighted by Crippen LogP contribution is 2.20. The second-order valence-electron chi connectivity index (χ2n) is 8.26. The van der Waals surface area contributed by atoms with Crippen molar-refractivity contribution in [3.05, 3.63) is 101 Å². The molecule has 0 radical (unpaired) electrons. The normalized spacial score (nSPS) is 12.9. The maximum absolute atomic E-state index is 12.9. The molecule has 34 heavy (non-hydrogen) atoms. The van der Waals surface area contributed by atoms with Crippen molar-refractivity contribution in [1.29, 1.82) is 0 Å². The molecule has 174 valence electrons. The molecule has 0 unspecified atom stereocenters. The van der Waals surface area contributed by atoms with Gasteiger partial charge in [-0.3, -0.25) is 19.3 Å². The Morgan fingerprint density at radius 1 is 0.912 bits per heavy atom. The first kappa shape index (κ1) is 23.2. The van der Waals surface area contributed by atoms with Gasteiger partial charge in [0, 0.05) is 31.6 Å². The molecule has 3 aromatic rings. The molecule has 6 heteroatoms. The summed E-state index contributed by atoms with van der Waals surface area (Å²) < 4.78 is 5.83. The molecule has 0 atom stereocenters. The van der Waals surface area contributed by atoms with Crippen LogP contribution in [-0.4, -0.2) is 40.6 Å². The fraction of sp³-hybridized carbons (Fsp3) is 0.250. The topological polar surface area (TPSA) is 66.9 Å². The van der Waals surface area contributed by atoms with E-state index < -0.39 is 0 Å². The summed E-state index contributed by atoms with van der Waals surface area (Å²) >= 11 is 0. The van der Waals surface area contributed by atoms with Crippen molar-refractivity contribution in [3.8, 4) is 5.75 Å². The third-order valence-corrected chi connectivity index (χ3v) is 5.96. The summed E-state index contributed by atoms with van der Waals surface area (Å²) in [5.74, 6) is 0.0928. The second-order valence-corrected chi connectivity index (χ2v) is 8.26. The summed E-state index contributed by atoms with van der Waals surface area (Å²) in [6.45, 7) is 3.50. The number of carbonyl (C=O) groups is 3. The number of imide groups is 1. The Morgan fingerprint density at radius 2 is 1.62 bits per heavy atom. The number of fused-ring (bicyclic) bond motifs is 1. The van der Waals surface area contributed by atoms with E-state index in [0.717, 1.165) is 22.4 Å². The van der Waals surface area contributed by atoms with Crippen molar-refractivity contribution in [1.82, 2.24) is 9.80 Å². The molecule has 1 aliphatic rings. The number of ether oxygens (including phenoxy) is 1. The highest BCUT2D eigenvalue weighted by molar-refractivity contribution is 6.09. The quantitative estimate of drug-likeness (QED) is 0.452. The molecular formula is C28H28N2O4. The number of amides is 3. The third kappa shape index (κ3) is 5.52. The van der Waals surface area contributed by atoms with E-state index >= 15 is 0 Å². The molecule has 3 amide bonds. The summed E-state index contributed by atoms with van der Waals surface area (Å²) in [7, 11) is 0. The molecule has 1 heterocycles. The molecule has 0 bridgehead atoms. The Labute approximate surface area is 199 Å². The largest absolute Gasteiger partial charge is 0.489 e. The standard InChI is InChI=1S/C28H28N2O4/c1-2-29(19-21-12-14-24(15-13-21)34-20-22-8-4-3-5-9-22)26(31)16-17-30-27(32)18-23-10-6-7-11-25(23)28(30)33/h3-15H,2,16-20H2,1H3. The molecule has 0 fully saturated rings. The lowest BCUT2D eigenvalue weighted by Crippen LogP contribution is -2.44. The summed E-state index contributed by atoms with van der Waals surface area (Å²) in [6.07, 6.45) is 0.290. The van der Waals surface area contributed by atoms with Crippen molar-refractivity contribution >= 4 is 17.7 Å². The molecule has 6 nitrogen and oxygen atoms in total. The van der Waals surface area contributed by atoms with E-state index in [4.69, 9.17) is 4.74 Å². The van der Waals surface area contributed by atoms with E-state index in [0.29, 0.717) is 25.3 Å². The zero-order chi connectivity index (χ0) is 23.9. The van der Waals surface area contributed by atoms with Gasteiger partial charge in [0.2, 0.25) is 11.8 Å². The van der Waals surface area contributed by atoms with Crippen LogP contribution in [0.3, 0.4) is 0 Å². The van der Waals surface area contributed by atoms with E-state index in [2.05, 4.69) is 0 Å². The molecule has 1 aliphatic heterocycles. The maximum Gasteiger partial charge on any atom is 0.260 e. The summed E-state index contributed by atoms with van der Waals surface area (Å²) in [4.78, 5) is 41.0. The lowest BCUT2D eigenvalue weighted by Gasteiger charge is -2.28. The average Bonchev–Trinajstić information content (AvgIpc) is 2.87. The minimum absolute atomic E-state index is 0.0909. The molecule has 0 spiro atoms. The molecule has 0 saturated carbocycles. The molecule has 3 aromatic carbocycles. The van der Waals surface area contributed by atoms with Gasteiger partial charge in [0.1, 0.15) is 12.4 Å². The van der Waals surface area contributed by atoms with Crippen LogP contribution in [0.2, 0.25) is 0 Å². The van der Waals surface area contributed by atoms with Crippen LogP contribution in [0.15, 0.2) is 78.9 Å². The number of nitrogens with zero attached hydrogens (tertiary/aromatic N) is 2. The van der Waals surface area contributed by atoms with Crippen LogP contribution in [0.25, 0.3) is 0 Å². The smallest absolute Gasteiger partial charge is 0.260 e. The third-order valence-electron chi connectivity index (χ3n) is 5.96. The second kappa shape index (κ2) is 10.8. The Morgan fingerprint density at radius 3 is 2.35 bits per heavy atom. The summed E-state index contributed by atoms with van der Waals surface area (Å²) in [5.41, 5.74) is 3.37. The van der Waals surface area contributed by atoms with Gasteiger partial charge in [0.05, 0.1) is 6.42 Å². The number of benzene rings is 3. The first-order chi connectivity index (χ1) is 16.5. The minimum atomic E-state index is -0.325. The number of carbonyl (C=O) groups excluding carboxylic acids is 3. The molecular weight excluding hydrogens is 428 g/mol.